The molecule has 1 heterocycles. The number of amides is 1. The Morgan fingerprint density at radius 3 is 2.83 bits per heavy atom. The van der Waals surface area contributed by atoms with E-state index < -0.39 is 11.6 Å². The van der Waals surface area contributed by atoms with Crippen LogP contribution in [0.25, 0.3) is 5.69 Å². The van der Waals surface area contributed by atoms with Crippen molar-refractivity contribution < 1.29 is 13.6 Å². The molecular weight excluding hydrogens is 300 g/mol. The predicted octanol–water partition coefficient (Wildman–Crippen LogP) is 3.22. The SMILES string of the molecule is C=CCC(=O)N[C@H]1CCCc2c1cnn2-c1cc(F)cc(F)c1. The number of hydrogen-bond acceptors (Lipinski definition) is 2. The lowest BCUT2D eigenvalue weighted by molar-refractivity contribution is -0.121. The minimum absolute atomic E-state index is 0.0950. The molecule has 0 fully saturated rings. The van der Waals surface area contributed by atoms with Crippen molar-refractivity contribution in [3.8, 4) is 5.69 Å². The molecule has 1 N–H and O–H groups in total. The number of benzene rings is 1. The molecule has 4 nitrogen and oxygen atoms in total. The summed E-state index contributed by atoms with van der Waals surface area (Å²) in [6, 6.07) is 3.20. The summed E-state index contributed by atoms with van der Waals surface area (Å²) in [5, 5.41) is 7.22. The van der Waals surface area contributed by atoms with Crippen LogP contribution in [0.1, 0.15) is 36.6 Å². The van der Waals surface area contributed by atoms with Crippen molar-refractivity contribution in [1.82, 2.24) is 15.1 Å². The molecule has 0 saturated carbocycles. The Morgan fingerprint density at radius 1 is 1.39 bits per heavy atom. The molecule has 23 heavy (non-hydrogen) atoms. The first-order valence-corrected chi connectivity index (χ1v) is 7.52. The van der Waals surface area contributed by atoms with E-state index >= 15 is 0 Å². The number of fused-ring (bicyclic) bond motifs is 1. The molecule has 1 atom stereocenters. The van der Waals surface area contributed by atoms with Gasteiger partial charge in [-0.05, 0) is 31.4 Å². The number of nitrogens with one attached hydrogen (secondary N) is 1. The van der Waals surface area contributed by atoms with Crippen molar-refractivity contribution in [2.75, 3.05) is 0 Å². The first-order valence-electron chi connectivity index (χ1n) is 7.52. The maximum absolute atomic E-state index is 13.4. The van der Waals surface area contributed by atoms with Gasteiger partial charge in [0.1, 0.15) is 11.6 Å². The van der Waals surface area contributed by atoms with Crippen LogP contribution in [0.3, 0.4) is 0 Å². The van der Waals surface area contributed by atoms with Crippen molar-refractivity contribution in [3.63, 3.8) is 0 Å². The topological polar surface area (TPSA) is 46.9 Å². The van der Waals surface area contributed by atoms with Crippen LogP contribution in [-0.2, 0) is 11.2 Å². The highest BCUT2D eigenvalue weighted by molar-refractivity contribution is 5.77. The van der Waals surface area contributed by atoms with Gasteiger partial charge in [0.15, 0.2) is 0 Å². The van der Waals surface area contributed by atoms with Gasteiger partial charge in [0.25, 0.3) is 0 Å². The van der Waals surface area contributed by atoms with Crippen LogP contribution < -0.4 is 5.32 Å². The van der Waals surface area contributed by atoms with Gasteiger partial charge in [0.2, 0.25) is 5.91 Å². The van der Waals surface area contributed by atoms with E-state index in [0.717, 1.165) is 36.6 Å². The third kappa shape index (κ3) is 3.16. The molecule has 0 saturated heterocycles. The first kappa shape index (κ1) is 15.4. The number of rotatable bonds is 4. The van der Waals surface area contributed by atoms with Crippen molar-refractivity contribution in [3.05, 3.63) is 59.9 Å². The zero-order valence-electron chi connectivity index (χ0n) is 12.6. The Kier molecular flexibility index (Phi) is 4.23. The monoisotopic (exact) mass is 317 g/mol. The van der Waals surface area contributed by atoms with Crippen molar-refractivity contribution in [2.24, 2.45) is 0 Å². The van der Waals surface area contributed by atoms with E-state index in [-0.39, 0.29) is 18.4 Å². The van der Waals surface area contributed by atoms with E-state index in [4.69, 9.17) is 0 Å². The van der Waals surface area contributed by atoms with Crippen LogP contribution in [-0.4, -0.2) is 15.7 Å². The van der Waals surface area contributed by atoms with Gasteiger partial charge in [-0.25, -0.2) is 13.5 Å². The van der Waals surface area contributed by atoms with E-state index in [1.807, 2.05) is 0 Å². The summed E-state index contributed by atoms with van der Waals surface area (Å²) in [5.74, 6) is -1.38. The number of aromatic nitrogens is 2. The Labute approximate surface area is 132 Å². The molecule has 1 aliphatic carbocycles. The van der Waals surface area contributed by atoms with Crippen molar-refractivity contribution in [2.45, 2.75) is 31.7 Å². The van der Waals surface area contributed by atoms with Crippen LogP contribution in [0.2, 0.25) is 0 Å². The van der Waals surface area contributed by atoms with Crippen LogP contribution in [0.15, 0.2) is 37.1 Å². The summed E-state index contributed by atoms with van der Waals surface area (Å²) < 4.78 is 28.4. The van der Waals surface area contributed by atoms with Crippen LogP contribution >= 0.6 is 0 Å². The van der Waals surface area contributed by atoms with Crippen LogP contribution in [0.5, 0.6) is 0 Å². The summed E-state index contributed by atoms with van der Waals surface area (Å²) in [6.07, 6.45) is 5.92. The van der Waals surface area contributed by atoms with Crippen LogP contribution in [0.4, 0.5) is 8.78 Å². The number of nitrogens with zero attached hydrogens (tertiary/aromatic N) is 2. The molecular formula is C17H17F2N3O. The molecule has 0 unspecified atom stereocenters. The van der Waals surface area contributed by atoms with Crippen molar-refractivity contribution >= 4 is 5.91 Å². The Bertz CT molecular complexity index is 734. The fourth-order valence-electron chi connectivity index (χ4n) is 2.98. The van der Waals surface area contributed by atoms with Gasteiger partial charge in [-0.2, -0.15) is 5.10 Å². The minimum atomic E-state index is -0.643. The molecule has 0 aliphatic heterocycles. The van der Waals surface area contributed by atoms with Gasteiger partial charge in [-0.3, -0.25) is 4.79 Å². The van der Waals surface area contributed by atoms with Gasteiger partial charge in [-0.1, -0.05) is 6.08 Å². The van der Waals surface area contributed by atoms with Crippen molar-refractivity contribution in [1.29, 1.82) is 0 Å². The smallest absolute Gasteiger partial charge is 0.224 e. The largest absolute Gasteiger partial charge is 0.349 e. The standard InChI is InChI=1S/C17H17F2N3O/c1-2-4-17(23)21-15-5-3-6-16-14(15)10-20-22(16)13-8-11(18)7-12(19)9-13/h2,7-10,15H,1,3-6H2,(H,21,23)/t15-/m0/s1. The van der Waals surface area contributed by atoms with Crippen LogP contribution in [0, 0.1) is 11.6 Å². The Balaban J connectivity index is 1.93. The second-order valence-corrected chi connectivity index (χ2v) is 5.59. The average Bonchev–Trinajstić information content (AvgIpc) is 2.91. The highest BCUT2D eigenvalue weighted by atomic mass is 19.1. The lowest BCUT2D eigenvalue weighted by Gasteiger charge is -2.24. The Morgan fingerprint density at radius 2 is 2.13 bits per heavy atom. The number of carbonyl (C=O) groups is 1. The maximum Gasteiger partial charge on any atom is 0.224 e. The van der Waals surface area contributed by atoms with E-state index in [1.54, 1.807) is 17.0 Å². The fourth-order valence-corrected chi connectivity index (χ4v) is 2.98. The normalized spacial score (nSPS) is 16.7. The molecule has 0 radical (unpaired) electrons. The molecule has 6 heteroatoms. The summed E-state index contributed by atoms with van der Waals surface area (Å²) in [4.78, 5) is 11.8. The molecule has 120 valence electrons. The number of halogens is 2. The maximum atomic E-state index is 13.4. The number of hydrogen-bond donors (Lipinski definition) is 1. The lowest BCUT2D eigenvalue weighted by Crippen LogP contribution is -2.30. The van der Waals surface area contributed by atoms with E-state index in [2.05, 4.69) is 17.0 Å². The van der Waals surface area contributed by atoms with E-state index in [1.165, 1.54) is 12.1 Å². The summed E-state index contributed by atoms with van der Waals surface area (Å²) in [5.41, 5.74) is 2.13. The third-order valence-electron chi connectivity index (χ3n) is 3.94. The van der Waals surface area contributed by atoms with Gasteiger partial charge in [0, 0.05) is 23.7 Å². The fraction of sp³-hybridized carbons (Fsp3) is 0.294. The quantitative estimate of drug-likeness (QED) is 0.880. The van der Waals surface area contributed by atoms with Gasteiger partial charge < -0.3 is 5.32 Å². The third-order valence-corrected chi connectivity index (χ3v) is 3.94. The average molecular weight is 317 g/mol. The molecule has 1 aromatic heterocycles. The second-order valence-electron chi connectivity index (χ2n) is 5.59. The first-order chi connectivity index (χ1) is 11.1. The predicted molar refractivity (Wildman–Crippen MR) is 82.1 cm³/mol. The molecule has 2 aromatic rings. The molecule has 1 amide bonds. The second kappa shape index (κ2) is 6.32. The summed E-state index contributed by atoms with van der Waals surface area (Å²) >= 11 is 0. The summed E-state index contributed by atoms with van der Waals surface area (Å²) in [7, 11) is 0. The van der Waals surface area contributed by atoms with E-state index in [0.29, 0.717) is 5.69 Å². The molecule has 1 aromatic carbocycles. The Hall–Kier alpha value is -2.50. The van der Waals surface area contributed by atoms with Gasteiger partial charge in [0.05, 0.1) is 17.9 Å². The van der Waals surface area contributed by atoms with Gasteiger partial charge >= 0.3 is 0 Å². The summed E-state index contributed by atoms with van der Waals surface area (Å²) in [6.45, 7) is 3.55. The van der Waals surface area contributed by atoms with Gasteiger partial charge in [-0.15, -0.1) is 6.58 Å². The zero-order chi connectivity index (χ0) is 16.4. The highest BCUT2D eigenvalue weighted by Crippen LogP contribution is 2.31. The molecule has 0 spiro atoms. The highest BCUT2D eigenvalue weighted by Gasteiger charge is 2.26. The zero-order valence-corrected chi connectivity index (χ0v) is 12.6. The molecule has 0 bridgehead atoms. The molecule has 1 aliphatic rings. The molecule has 3 rings (SSSR count). The van der Waals surface area contributed by atoms with E-state index in [9.17, 15) is 13.6 Å². The number of carbonyl (C=O) groups excluding carboxylic acids is 1. The minimum Gasteiger partial charge on any atom is -0.349 e. The lowest BCUT2D eigenvalue weighted by atomic mass is 9.92.